The van der Waals surface area contributed by atoms with Crippen molar-refractivity contribution in [1.29, 1.82) is 0 Å². The number of benzene rings is 1. The van der Waals surface area contributed by atoms with Gasteiger partial charge in [0.1, 0.15) is 6.10 Å². The second-order valence-corrected chi connectivity index (χ2v) is 3.47. The largest absolute Gasteiger partial charge is 0.455 e. The molecule has 0 amide bonds. The molecule has 0 fully saturated rings. The van der Waals surface area contributed by atoms with Gasteiger partial charge in [0.25, 0.3) is 0 Å². The normalized spacial score (nSPS) is 12.0. The molecule has 1 atom stereocenters. The smallest absolute Gasteiger partial charge is 0.330 e. The van der Waals surface area contributed by atoms with Crippen LogP contribution in [0.1, 0.15) is 12.0 Å². The highest BCUT2D eigenvalue weighted by Crippen LogP contribution is 2.07. The van der Waals surface area contributed by atoms with Gasteiger partial charge in [0.2, 0.25) is 0 Å². The van der Waals surface area contributed by atoms with Gasteiger partial charge in [-0.05, 0) is 11.6 Å². The lowest BCUT2D eigenvalue weighted by atomic mass is 10.1. The highest BCUT2D eigenvalue weighted by atomic mass is 16.5. The van der Waals surface area contributed by atoms with Crippen LogP contribution < -0.4 is 0 Å². The Morgan fingerprint density at radius 2 is 2.00 bits per heavy atom. The van der Waals surface area contributed by atoms with Crippen LogP contribution in [0.2, 0.25) is 0 Å². The zero-order chi connectivity index (χ0) is 12.5. The van der Waals surface area contributed by atoms with E-state index in [4.69, 9.17) is 4.74 Å². The Hall–Kier alpha value is -2.09. The maximum atomic E-state index is 11.1. The molecule has 0 saturated carbocycles. The van der Waals surface area contributed by atoms with E-state index < -0.39 is 5.97 Å². The fraction of sp³-hybridized carbons (Fsp3) is 0.133. The van der Waals surface area contributed by atoms with Crippen LogP contribution in [-0.2, 0) is 9.53 Å². The van der Waals surface area contributed by atoms with Crippen molar-refractivity contribution in [3.05, 3.63) is 67.3 Å². The molecule has 2 nitrogen and oxygen atoms in total. The Morgan fingerprint density at radius 3 is 2.59 bits per heavy atom. The van der Waals surface area contributed by atoms with Gasteiger partial charge in [-0.15, -0.1) is 6.58 Å². The minimum Gasteiger partial charge on any atom is -0.455 e. The lowest BCUT2D eigenvalue weighted by molar-refractivity contribution is -0.140. The summed E-state index contributed by atoms with van der Waals surface area (Å²) in [5.41, 5.74) is 1.07. The molecule has 0 bridgehead atoms. The predicted octanol–water partition coefficient (Wildman–Crippen LogP) is 3.37. The van der Waals surface area contributed by atoms with Crippen LogP contribution in [0.3, 0.4) is 0 Å². The fourth-order valence-electron chi connectivity index (χ4n) is 1.31. The fourth-order valence-corrected chi connectivity index (χ4v) is 1.31. The van der Waals surface area contributed by atoms with Gasteiger partial charge in [0, 0.05) is 12.5 Å². The van der Waals surface area contributed by atoms with E-state index in [9.17, 15) is 4.79 Å². The maximum absolute atomic E-state index is 11.1. The first-order valence-electron chi connectivity index (χ1n) is 5.43. The second-order valence-electron chi connectivity index (χ2n) is 3.47. The van der Waals surface area contributed by atoms with Gasteiger partial charge >= 0.3 is 5.97 Å². The predicted molar refractivity (Wildman–Crippen MR) is 70.4 cm³/mol. The summed E-state index contributed by atoms with van der Waals surface area (Å²) in [7, 11) is 0. The van der Waals surface area contributed by atoms with Gasteiger partial charge in [-0.1, -0.05) is 49.1 Å². The molecule has 88 valence electrons. The number of hydrogen-bond acceptors (Lipinski definition) is 2. The maximum Gasteiger partial charge on any atom is 0.330 e. The monoisotopic (exact) mass is 228 g/mol. The van der Waals surface area contributed by atoms with Gasteiger partial charge in [0.05, 0.1) is 0 Å². The van der Waals surface area contributed by atoms with Gasteiger partial charge in [-0.25, -0.2) is 4.79 Å². The summed E-state index contributed by atoms with van der Waals surface area (Å²) in [6, 6.07) is 9.83. The summed E-state index contributed by atoms with van der Waals surface area (Å²) in [5.74, 6) is -0.422. The van der Waals surface area contributed by atoms with E-state index in [-0.39, 0.29) is 6.10 Å². The molecule has 0 saturated heterocycles. The third-order valence-electron chi connectivity index (χ3n) is 2.14. The van der Waals surface area contributed by atoms with Crippen molar-refractivity contribution < 1.29 is 9.53 Å². The highest BCUT2D eigenvalue weighted by molar-refractivity contribution is 5.81. The van der Waals surface area contributed by atoms with Crippen molar-refractivity contribution in [1.82, 2.24) is 0 Å². The molecule has 0 heterocycles. The summed E-state index contributed by atoms with van der Waals surface area (Å²) in [6.45, 7) is 7.01. The van der Waals surface area contributed by atoms with Gasteiger partial charge < -0.3 is 4.74 Å². The van der Waals surface area contributed by atoms with Crippen LogP contribution in [0.25, 0.3) is 6.08 Å². The minimum atomic E-state index is -0.422. The summed E-state index contributed by atoms with van der Waals surface area (Å²) in [5, 5.41) is 0. The zero-order valence-electron chi connectivity index (χ0n) is 9.71. The lowest BCUT2D eigenvalue weighted by Gasteiger charge is -2.10. The van der Waals surface area contributed by atoms with Crippen molar-refractivity contribution in [2.45, 2.75) is 12.5 Å². The lowest BCUT2D eigenvalue weighted by Crippen LogP contribution is -2.13. The van der Waals surface area contributed by atoms with Gasteiger partial charge in [0.15, 0.2) is 0 Å². The molecule has 1 aromatic carbocycles. The van der Waals surface area contributed by atoms with E-state index in [0.717, 1.165) is 11.6 Å². The van der Waals surface area contributed by atoms with Gasteiger partial charge in [-0.3, -0.25) is 0 Å². The number of ether oxygens (including phenoxy) is 1. The number of carbonyl (C=O) groups excluding carboxylic acids is 1. The molecule has 2 heteroatoms. The Kier molecular flexibility index (Phi) is 5.52. The Morgan fingerprint density at radius 1 is 1.29 bits per heavy atom. The van der Waals surface area contributed by atoms with Crippen LogP contribution in [0.15, 0.2) is 61.7 Å². The summed E-state index contributed by atoms with van der Waals surface area (Å²) < 4.78 is 5.15. The van der Waals surface area contributed by atoms with Crippen molar-refractivity contribution in [3.63, 3.8) is 0 Å². The van der Waals surface area contributed by atoms with E-state index in [1.54, 1.807) is 6.08 Å². The van der Waals surface area contributed by atoms with Crippen LogP contribution in [0.5, 0.6) is 0 Å². The first-order chi connectivity index (χ1) is 8.26. The quantitative estimate of drug-likeness (QED) is 0.424. The Bertz CT molecular complexity index is 404. The van der Waals surface area contributed by atoms with Crippen molar-refractivity contribution in [3.8, 4) is 0 Å². The molecular formula is C15H16O2. The summed E-state index contributed by atoms with van der Waals surface area (Å²) in [4.78, 5) is 11.1. The molecule has 0 unspecified atom stereocenters. The highest BCUT2D eigenvalue weighted by Gasteiger charge is 2.06. The first-order valence-corrected chi connectivity index (χ1v) is 5.43. The van der Waals surface area contributed by atoms with Crippen LogP contribution in [0.4, 0.5) is 0 Å². The summed E-state index contributed by atoms with van der Waals surface area (Å²) in [6.07, 6.45) is 6.94. The molecular weight excluding hydrogens is 212 g/mol. The molecule has 0 spiro atoms. The molecule has 0 aliphatic carbocycles. The molecule has 0 N–H and O–H groups in total. The standard InChI is InChI=1S/C15H16O2/c1-3-8-14(17-15(16)4-2)12-11-13-9-6-5-7-10-13/h3-7,9-12,14H,1-2,8H2/b12-11+/t14-/m0/s1. The van der Waals surface area contributed by atoms with Crippen molar-refractivity contribution >= 4 is 12.0 Å². The number of carbonyl (C=O) groups is 1. The number of rotatable bonds is 6. The average molecular weight is 228 g/mol. The Balaban J connectivity index is 2.65. The third kappa shape index (κ3) is 4.98. The Labute approximate surface area is 102 Å². The molecule has 1 aromatic rings. The van der Waals surface area contributed by atoms with Gasteiger partial charge in [-0.2, -0.15) is 0 Å². The average Bonchev–Trinajstić information content (AvgIpc) is 2.37. The van der Waals surface area contributed by atoms with Crippen molar-refractivity contribution in [2.75, 3.05) is 0 Å². The topological polar surface area (TPSA) is 26.3 Å². The number of esters is 1. The zero-order valence-corrected chi connectivity index (χ0v) is 9.71. The summed E-state index contributed by atoms with van der Waals surface area (Å²) >= 11 is 0. The number of hydrogen-bond donors (Lipinski definition) is 0. The minimum absolute atomic E-state index is 0.293. The molecule has 0 aromatic heterocycles. The molecule has 1 rings (SSSR count). The van der Waals surface area contributed by atoms with Crippen LogP contribution >= 0.6 is 0 Å². The van der Waals surface area contributed by atoms with Crippen LogP contribution in [0, 0.1) is 0 Å². The van der Waals surface area contributed by atoms with Crippen LogP contribution in [-0.4, -0.2) is 12.1 Å². The third-order valence-corrected chi connectivity index (χ3v) is 2.14. The molecule has 0 aliphatic rings. The van der Waals surface area contributed by atoms with E-state index in [0.29, 0.717) is 6.42 Å². The molecule has 0 aliphatic heterocycles. The molecule has 0 radical (unpaired) electrons. The van der Waals surface area contributed by atoms with E-state index in [1.807, 2.05) is 42.5 Å². The SMILES string of the molecule is C=CC[C@@H](/C=C/c1ccccc1)OC(=O)C=C. The molecule has 17 heavy (non-hydrogen) atoms. The van der Waals surface area contributed by atoms with E-state index in [1.165, 1.54) is 0 Å². The van der Waals surface area contributed by atoms with E-state index in [2.05, 4.69) is 13.2 Å². The van der Waals surface area contributed by atoms with Crippen molar-refractivity contribution in [2.24, 2.45) is 0 Å². The first kappa shape index (κ1) is 13.0. The van der Waals surface area contributed by atoms with E-state index >= 15 is 0 Å². The second kappa shape index (κ2) is 7.23.